The molecule has 184 valence electrons. The van der Waals surface area contributed by atoms with Crippen molar-refractivity contribution in [3.63, 3.8) is 0 Å². The maximum Gasteiger partial charge on any atom is 1.00 e. The summed E-state index contributed by atoms with van der Waals surface area (Å²) in [5.41, 5.74) is 10.3. The van der Waals surface area contributed by atoms with Gasteiger partial charge in [0.15, 0.2) is 5.76 Å². The minimum absolute atomic E-state index is 0. The molecular formula is C21H12I4N2Na2O8. The standard InChI is InChI=1S/C20H8I4O5.CH4N2O.2Na.H2O2/c21-11-5-9-13(7-3-1-2-4-8(7)20(27)28)10-6-12(22)17(26)15(24)19(10)29-18(9)14(23)16(11)25;2-1(3)4;;;1-2/h1-6,25H,(H,27,28);(H4,2,3,4);;;1-2H/q;;2*+1;/p-2. The van der Waals surface area contributed by atoms with E-state index >= 15 is 0 Å². The van der Waals surface area contributed by atoms with E-state index in [1.807, 2.05) is 90.4 Å². The Hall–Kier alpha value is 0.510. The van der Waals surface area contributed by atoms with Crippen molar-refractivity contribution in [1.82, 2.24) is 0 Å². The van der Waals surface area contributed by atoms with Crippen LogP contribution in [0.15, 0.2) is 45.6 Å². The molecule has 1 aliphatic carbocycles. The number of hydrogen-bond acceptors (Lipinski definition) is 8. The maximum atomic E-state index is 12.5. The summed E-state index contributed by atoms with van der Waals surface area (Å²) in [6, 6.07) is 9.07. The van der Waals surface area contributed by atoms with Crippen molar-refractivity contribution in [2.45, 2.75) is 0 Å². The monoisotopic (exact) mass is 974 g/mol. The first-order chi connectivity index (χ1) is 16.5. The average molecular weight is 974 g/mol. The number of benzene rings is 3. The number of nitrogens with two attached hydrogens (primary N) is 2. The predicted octanol–water partition coefficient (Wildman–Crippen LogP) is -2.53. The number of carboxylic acid groups (broad SMARTS) is 1. The Morgan fingerprint density at radius 1 is 0.892 bits per heavy atom. The molecule has 0 saturated heterocycles. The Kier molecular flexibility index (Phi) is 16.9. The number of urea groups is 1. The van der Waals surface area contributed by atoms with E-state index in [2.05, 4.69) is 11.5 Å². The fourth-order valence-corrected chi connectivity index (χ4v) is 6.73. The molecule has 1 aliphatic heterocycles. The Balaban J connectivity index is 0.00000148. The third-order valence-corrected chi connectivity index (χ3v) is 7.98. The van der Waals surface area contributed by atoms with Gasteiger partial charge in [0.25, 0.3) is 0 Å². The van der Waals surface area contributed by atoms with Gasteiger partial charge >= 0.3 is 65.1 Å². The van der Waals surface area contributed by atoms with E-state index in [0.29, 0.717) is 47.7 Å². The van der Waals surface area contributed by atoms with Crippen molar-refractivity contribution in [2.24, 2.45) is 11.5 Å². The first kappa shape index (κ1) is 37.5. The second kappa shape index (κ2) is 16.7. The van der Waals surface area contributed by atoms with Crippen molar-refractivity contribution in [2.75, 3.05) is 0 Å². The van der Waals surface area contributed by atoms with Gasteiger partial charge in [-0.05, 0) is 108 Å². The van der Waals surface area contributed by atoms with Gasteiger partial charge in [-0.2, -0.15) is 0 Å². The van der Waals surface area contributed by atoms with Gasteiger partial charge in [0, 0.05) is 29.2 Å². The molecule has 0 fully saturated rings. The first-order valence-corrected chi connectivity index (χ1v) is 13.3. The third kappa shape index (κ3) is 8.50. The van der Waals surface area contributed by atoms with Crippen LogP contribution in [0.5, 0.6) is 5.75 Å². The minimum Gasteiger partial charge on any atom is -0.871 e. The van der Waals surface area contributed by atoms with Gasteiger partial charge in [-0.15, -0.1) is 0 Å². The zero-order valence-corrected chi connectivity index (χ0v) is 31.6. The van der Waals surface area contributed by atoms with Crippen LogP contribution in [0.2, 0.25) is 0 Å². The van der Waals surface area contributed by atoms with Crippen LogP contribution in [0, 0.1) is 14.3 Å². The van der Waals surface area contributed by atoms with Gasteiger partial charge < -0.3 is 30.9 Å². The van der Waals surface area contributed by atoms with Crippen molar-refractivity contribution in [1.29, 1.82) is 0 Å². The summed E-state index contributed by atoms with van der Waals surface area (Å²) in [7, 11) is 0. The van der Waals surface area contributed by atoms with Gasteiger partial charge in [-0.1, -0.05) is 30.0 Å². The molecule has 6 N–H and O–H groups in total. The Morgan fingerprint density at radius 2 is 1.43 bits per heavy atom. The number of fused-ring (bicyclic) bond motifs is 2. The molecule has 16 heteroatoms. The number of carbonyl (C=O) groups is 2. The number of amides is 2. The summed E-state index contributed by atoms with van der Waals surface area (Å²) in [6.45, 7) is 0. The zero-order valence-electron chi connectivity index (χ0n) is 19.0. The second-order valence-electron chi connectivity index (χ2n) is 6.47. The second-order valence-corrected chi connectivity index (χ2v) is 11.0. The topological polar surface area (TPSA) is 203 Å². The molecule has 0 spiro atoms. The molecule has 1 heterocycles. The van der Waals surface area contributed by atoms with Gasteiger partial charge in [0.2, 0.25) is 5.43 Å². The summed E-state index contributed by atoms with van der Waals surface area (Å²) < 4.78 is 7.79. The van der Waals surface area contributed by atoms with E-state index in [-0.39, 0.29) is 75.9 Å². The van der Waals surface area contributed by atoms with Crippen LogP contribution < -0.4 is 86.2 Å². The van der Waals surface area contributed by atoms with E-state index in [1.165, 1.54) is 6.07 Å². The fraction of sp³-hybridized carbons (Fsp3) is 0. The van der Waals surface area contributed by atoms with Crippen LogP contribution in [0.1, 0.15) is 10.4 Å². The van der Waals surface area contributed by atoms with Crippen molar-refractivity contribution >= 4 is 113 Å². The van der Waals surface area contributed by atoms with Gasteiger partial charge in [-0.25, -0.2) is 4.79 Å². The summed E-state index contributed by atoms with van der Waals surface area (Å²) in [6.07, 6.45) is 0. The number of hydrogen-bond donors (Lipinski definition) is 4. The maximum absolute atomic E-state index is 12.5. The summed E-state index contributed by atoms with van der Waals surface area (Å²) in [5, 5.41) is 36.9. The number of rotatable bonds is 2. The molecule has 2 amide bonds. The summed E-state index contributed by atoms with van der Waals surface area (Å²) in [5.74, 6) is -1.16. The molecule has 0 radical (unpaired) electrons. The van der Waals surface area contributed by atoms with Crippen LogP contribution in [-0.2, 0) is 0 Å². The van der Waals surface area contributed by atoms with Gasteiger partial charge in [-0.3, -0.25) is 15.3 Å². The van der Waals surface area contributed by atoms with Gasteiger partial charge in [0.05, 0.1) is 9.54 Å². The van der Waals surface area contributed by atoms with Crippen LogP contribution in [0.4, 0.5) is 4.79 Å². The minimum atomic E-state index is -1.31. The predicted molar refractivity (Wildman–Crippen MR) is 158 cm³/mol. The molecule has 0 unspecified atom stereocenters. The van der Waals surface area contributed by atoms with Crippen LogP contribution in [0.25, 0.3) is 33.4 Å². The molecule has 37 heavy (non-hydrogen) atoms. The van der Waals surface area contributed by atoms with Crippen LogP contribution in [0.3, 0.4) is 0 Å². The van der Waals surface area contributed by atoms with E-state index in [1.54, 1.807) is 30.3 Å². The number of carbonyl (C=O) groups excluding carboxylic acids is 2. The Morgan fingerprint density at radius 3 is 1.97 bits per heavy atom. The van der Waals surface area contributed by atoms with Crippen molar-refractivity contribution in [3.8, 4) is 28.2 Å². The van der Waals surface area contributed by atoms with Crippen LogP contribution >= 0.6 is 90.4 Å². The van der Waals surface area contributed by atoms with E-state index in [4.69, 9.17) is 19.7 Å². The molecule has 0 saturated carbocycles. The number of carboxylic acids is 1. The third-order valence-electron chi connectivity index (χ3n) is 4.42. The van der Waals surface area contributed by atoms with E-state index in [0.717, 1.165) is 0 Å². The van der Waals surface area contributed by atoms with E-state index in [9.17, 15) is 19.8 Å². The normalized spacial score (nSPS) is 9.68. The Labute approximate surface area is 308 Å². The van der Waals surface area contributed by atoms with Gasteiger partial charge in [0.1, 0.15) is 9.15 Å². The zero-order chi connectivity index (χ0) is 26.6. The molecule has 4 rings (SSSR count). The summed E-state index contributed by atoms with van der Waals surface area (Å²) in [4.78, 5) is 33.3. The summed E-state index contributed by atoms with van der Waals surface area (Å²) >= 11 is 7.76. The molecule has 0 aromatic heterocycles. The molecule has 0 bridgehead atoms. The fourth-order valence-electron chi connectivity index (χ4n) is 3.16. The average Bonchev–Trinajstić information content (AvgIpc) is 2.81. The van der Waals surface area contributed by atoms with Crippen molar-refractivity contribution in [3.05, 3.63) is 66.5 Å². The van der Waals surface area contributed by atoms with Crippen molar-refractivity contribution < 1.29 is 93.8 Å². The number of primary amides is 2. The SMILES string of the molecule is NC(N)=O.O=C([O-])c1ccccc1-c1c2cc(I)c(=O)c(I)c-2oc2c(I)c([O-])c(I)cc12.OO.[Na+].[Na+]. The quantitative estimate of drug-likeness (QED) is 0.0554. The number of aromatic carboxylic acids is 1. The smallest absolute Gasteiger partial charge is 0.871 e. The molecular weight excluding hydrogens is 962 g/mol. The number of halogens is 4. The molecule has 2 aromatic rings. The molecule has 10 nitrogen and oxygen atoms in total. The molecule has 0 atom stereocenters. The molecule has 2 aromatic carbocycles. The largest absolute Gasteiger partial charge is 1.00 e. The first-order valence-electron chi connectivity index (χ1n) is 8.94. The Bertz CT molecular complexity index is 1480. The van der Waals surface area contributed by atoms with E-state index < -0.39 is 12.0 Å². The van der Waals surface area contributed by atoms with Crippen LogP contribution in [-0.4, -0.2) is 22.5 Å². The molecule has 2 aliphatic rings.